The maximum absolute atomic E-state index is 9.70. The molecule has 0 atom stereocenters. The van der Waals surface area contributed by atoms with Gasteiger partial charge in [0, 0.05) is 12.6 Å². The number of aromatic nitrogens is 3. The van der Waals surface area contributed by atoms with Crippen LogP contribution < -0.4 is 0 Å². The molecular formula is C15H13N3O2. The molecule has 0 radical (unpaired) electrons. The van der Waals surface area contributed by atoms with Gasteiger partial charge in [-0.1, -0.05) is 35.0 Å². The molecule has 0 fully saturated rings. The smallest absolute Gasteiger partial charge is 0.280 e. The van der Waals surface area contributed by atoms with Crippen molar-refractivity contribution in [2.24, 2.45) is 0 Å². The molecular weight excluding hydrogens is 254 g/mol. The third-order valence-corrected chi connectivity index (χ3v) is 2.94. The van der Waals surface area contributed by atoms with E-state index in [1.54, 1.807) is 12.3 Å². The van der Waals surface area contributed by atoms with Crippen molar-refractivity contribution in [3.63, 3.8) is 0 Å². The first kappa shape index (κ1) is 12.3. The lowest BCUT2D eigenvalue weighted by atomic mass is 10.1. The molecule has 0 aliphatic heterocycles. The summed E-state index contributed by atoms with van der Waals surface area (Å²) in [5, 5.41) is 13.6. The summed E-state index contributed by atoms with van der Waals surface area (Å²) >= 11 is 0. The van der Waals surface area contributed by atoms with Gasteiger partial charge < -0.3 is 9.63 Å². The molecule has 0 unspecified atom stereocenters. The zero-order chi connectivity index (χ0) is 13.9. The van der Waals surface area contributed by atoms with E-state index in [1.165, 1.54) is 11.6 Å². The average Bonchev–Trinajstić information content (AvgIpc) is 2.90. The van der Waals surface area contributed by atoms with Gasteiger partial charge in [-0.05, 0) is 24.6 Å². The van der Waals surface area contributed by atoms with Gasteiger partial charge in [-0.15, -0.1) is 0 Å². The van der Waals surface area contributed by atoms with Crippen LogP contribution in [0.3, 0.4) is 0 Å². The number of nitrogens with zero attached hydrogens (tertiary/aromatic N) is 3. The molecule has 100 valence electrons. The summed E-state index contributed by atoms with van der Waals surface area (Å²) in [5.41, 5.74) is 2.62. The first-order chi connectivity index (χ1) is 9.72. The molecule has 5 nitrogen and oxygen atoms in total. The van der Waals surface area contributed by atoms with E-state index in [4.69, 9.17) is 4.52 Å². The van der Waals surface area contributed by atoms with Gasteiger partial charge in [-0.3, -0.25) is 0 Å². The second-order valence-corrected chi connectivity index (χ2v) is 4.55. The predicted octanol–water partition coefficient (Wildman–Crippen LogP) is 2.74. The number of rotatable bonds is 3. The van der Waals surface area contributed by atoms with Crippen molar-refractivity contribution >= 4 is 0 Å². The van der Waals surface area contributed by atoms with Gasteiger partial charge in [0.1, 0.15) is 5.75 Å². The van der Waals surface area contributed by atoms with Gasteiger partial charge in [0.2, 0.25) is 0 Å². The summed E-state index contributed by atoms with van der Waals surface area (Å²) in [6.45, 7) is 2.04. The Morgan fingerprint density at radius 3 is 2.70 bits per heavy atom. The Morgan fingerprint density at radius 2 is 1.95 bits per heavy atom. The normalized spacial score (nSPS) is 10.7. The highest BCUT2D eigenvalue weighted by Gasteiger charge is 2.13. The van der Waals surface area contributed by atoms with E-state index in [2.05, 4.69) is 15.1 Å². The third kappa shape index (κ3) is 2.51. The fraction of sp³-hybridized carbons (Fsp3) is 0.133. The number of pyridine rings is 1. The standard InChI is InChI=1S/C15H13N3O2/c1-10-4-6-11(7-5-10)9-13-17-15(20-18-13)14-12(19)3-2-8-16-14/h2-8,19H,9H2,1H3. The molecule has 3 aromatic rings. The van der Waals surface area contributed by atoms with E-state index in [1.807, 2.05) is 31.2 Å². The highest BCUT2D eigenvalue weighted by atomic mass is 16.5. The van der Waals surface area contributed by atoms with E-state index >= 15 is 0 Å². The van der Waals surface area contributed by atoms with Crippen LogP contribution in [0.15, 0.2) is 47.1 Å². The summed E-state index contributed by atoms with van der Waals surface area (Å²) in [7, 11) is 0. The zero-order valence-corrected chi connectivity index (χ0v) is 10.9. The fourth-order valence-electron chi connectivity index (χ4n) is 1.87. The quantitative estimate of drug-likeness (QED) is 0.790. The molecule has 1 N–H and O–H groups in total. The van der Waals surface area contributed by atoms with E-state index < -0.39 is 0 Å². The van der Waals surface area contributed by atoms with Crippen LogP contribution in [0.5, 0.6) is 5.75 Å². The van der Waals surface area contributed by atoms with Crippen LogP contribution in [-0.4, -0.2) is 20.2 Å². The minimum Gasteiger partial charge on any atom is -0.505 e. The van der Waals surface area contributed by atoms with Gasteiger partial charge in [0.05, 0.1) is 0 Å². The first-order valence-electron chi connectivity index (χ1n) is 6.25. The molecule has 0 bridgehead atoms. The minimum absolute atomic E-state index is 0.0260. The lowest BCUT2D eigenvalue weighted by molar-refractivity contribution is 0.416. The van der Waals surface area contributed by atoms with Crippen molar-refractivity contribution in [3.8, 4) is 17.3 Å². The van der Waals surface area contributed by atoms with Crippen LogP contribution in [0.2, 0.25) is 0 Å². The summed E-state index contributed by atoms with van der Waals surface area (Å²) in [6.07, 6.45) is 2.15. The summed E-state index contributed by atoms with van der Waals surface area (Å²) in [4.78, 5) is 8.29. The van der Waals surface area contributed by atoms with Crippen LogP contribution in [0.25, 0.3) is 11.6 Å². The number of benzene rings is 1. The molecule has 0 saturated heterocycles. The van der Waals surface area contributed by atoms with Crippen LogP contribution in [0.1, 0.15) is 17.0 Å². The number of aromatic hydroxyl groups is 1. The molecule has 2 heterocycles. The SMILES string of the molecule is Cc1ccc(Cc2noc(-c3ncccc3O)n2)cc1. The van der Waals surface area contributed by atoms with E-state index in [9.17, 15) is 5.11 Å². The van der Waals surface area contributed by atoms with Gasteiger partial charge in [-0.25, -0.2) is 4.98 Å². The monoisotopic (exact) mass is 267 g/mol. The second-order valence-electron chi connectivity index (χ2n) is 4.55. The molecule has 3 rings (SSSR count). The van der Waals surface area contributed by atoms with E-state index in [0.29, 0.717) is 17.9 Å². The fourth-order valence-corrected chi connectivity index (χ4v) is 1.87. The molecule has 0 aliphatic rings. The topological polar surface area (TPSA) is 72.0 Å². The van der Waals surface area contributed by atoms with Crippen LogP contribution in [0, 0.1) is 6.92 Å². The number of hydrogen-bond donors (Lipinski definition) is 1. The van der Waals surface area contributed by atoms with Gasteiger partial charge >= 0.3 is 0 Å². The van der Waals surface area contributed by atoms with Crippen molar-refractivity contribution in [2.75, 3.05) is 0 Å². The molecule has 0 aliphatic carbocycles. The Bertz CT molecular complexity index is 720. The number of aryl methyl sites for hydroxylation is 1. The summed E-state index contributed by atoms with van der Waals surface area (Å²) < 4.78 is 5.14. The third-order valence-electron chi connectivity index (χ3n) is 2.94. The van der Waals surface area contributed by atoms with E-state index in [-0.39, 0.29) is 11.6 Å². The largest absolute Gasteiger partial charge is 0.505 e. The maximum Gasteiger partial charge on any atom is 0.280 e. The van der Waals surface area contributed by atoms with Crippen molar-refractivity contribution in [2.45, 2.75) is 13.3 Å². The van der Waals surface area contributed by atoms with Gasteiger partial charge in [0.25, 0.3) is 5.89 Å². The van der Waals surface area contributed by atoms with E-state index in [0.717, 1.165) is 5.56 Å². The van der Waals surface area contributed by atoms with Gasteiger partial charge in [-0.2, -0.15) is 4.98 Å². The Morgan fingerprint density at radius 1 is 1.15 bits per heavy atom. The lowest BCUT2D eigenvalue weighted by Crippen LogP contribution is -1.91. The average molecular weight is 267 g/mol. The Labute approximate surface area is 115 Å². The first-order valence-corrected chi connectivity index (χ1v) is 6.25. The zero-order valence-electron chi connectivity index (χ0n) is 10.9. The van der Waals surface area contributed by atoms with Crippen molar-refractivity contribution in [1.29, 1.82) is 0 Å². The van der Waals surface area contributed by atoms with Crippen LogP contribution >= 0.6 is 0 Å². The minimum atomic E-state index is 0.0260. The highest BCUT2D eigenvalue weighted by molar-refractivity contribution is 5.55. The second kappa shape index (κ2) is 5.13. The lowest BCUT2D eigenvalue weighted by Gasteiger charge is -1.97. The van der Waals surface area contributed by atoms with Crippen LogP contribution in [-0.2, 0) is 6.42 Å². The molecule has 0 saturated carbocycles. The molecule has 5 heteroatoms. The molecule has 0 amide bonds. The Balaban J connectivity index is 1.84. The molecule has 20 heavy (non-hydrogen) atoms. The van der Waals surface area contributed by atoms with Crippen molar-refractivity contribution in [3.05, 3.63) is 59.5 Å². The maximum atomic E-state index is 9.70. The van der Waals surface area contributed by atoms with Crippen molar-refractivity contribution in [1.82, 2.24) is 15.1 Å². The predicted molar refractivity (Wildman–Crippen MR) is 73.2 cm³/mol. The Hall–Kier alpha value is -2.69. The summed E-state index contributed by atoms with van der Waals surface area (Å²) in [5.74, 6) is 0.817. The van der Waals surface area contributed by atoms with Crippen LogP contribution in [0.4, 0.5) is 0 Å². The molecule has 2 aromatic heterocycles. The molecule has 0 spiro atoms. The molecule has 1 aromatic carbocycles. The number of hydrogen-bond acceptors (Lipinski definition) is 5. The highest BCUT2D eigenvalue weighted by Crippen LogP contribution is 2.24. The Kier molecular flexibility index (Phi) is 3.16. The van der Waals surface area contributed by atoms with Gasteiger partial charge in [0.15, 0.2) is 11.5 Å². The van der Waals surface area contributed by atoms with Crippen molar-refractivity contribution < 1.29 is 9.63 Å². The summed E-state index contributed by atoms with van der Waals surface area (Å²) in [6, 6.07) is 11.3.